The van der Waals surface area contributed by atoms with Crippen LogP contribution in [0.2, 0.25) is 5.02 Å². The van der Waals surface area contributed by atoms with Gasteiger partial charge in [0.2, 0.25) is 0 Å². The number of anilines is 1. The van der Waals surface area contributed by atoms with E-state index in [4.69, 9.17) is 11.6 Å². The number of halogens is 1. The molecule has 1 atom stereocenters. The summed E-state index contributed by atoms with van der Waals surface area (Å²) in [4.78, 5) is 27.5. The van der Waals surface area contributed by atoms with Crippen LogP contribution in [-0.4, -0.2) is 16.8 Å². The van der Waals surface area contributed by atoms with Crippen LogP contribution in [0.15, 0.2) is 78.9 Å². The highest BCUT2D eigenvalue weighted by Gasteiger charge is 2.50. The Bertz CT molecular complexity index is 1050. The largest absolute Gasteiger partial charge is 0.375 e. The van der Waals surface area contributed by atoms with Crippen molar-refractivity contribution in [2.24, 2.45) is 0 Å². The first-order chi connectivity index (χ1) is 13.5. The fourth-order valence-electron chi connectivity index (χ4n) is 3.59. The van der Waals surface area contributed by atoms with Gasteiger partial charge in [0.1, 0.15) is 0 Å². The van der Waals surface area contributed by atoms with Crippen molar-refractivity contribution in [3.63, 3.8) is 0 Å². The molecule has 3 aromatic carbocycles. The molecule has 1 aliphatic rings. The van der Waals surface area contributed by atoms with Crippen molar-refractivity contribution in [2.45, 2.75) is 18.6 Å². The molecule has 1 N–H and O–H groups in total. The third-order valence-corrected chi connectivity index (χ3v) is 5.41. The van der Waals surface area contributed by atoms with Gasteiger partial charge in [0.25, 0.3) is 5.91 Å². The van der Waals surface area contributed by atoms with Gasteiger partial charge < -0.3 is 10.0 Å². The van der Waals surface area contributed by atoms with Gasteiger partial charge in [-0.3, -0.25) is 9.59 Å². The number of fused-ring (bicyclic) bond motifs is 1. The van der Waals surface area contributed by atoms with Crippen LogP contribution in [0, 0.1) is 0 Å². The number of benzene rings is 3. The summed E-state index contributed by atoms with van der Waals surface area (Å²) in [7, 11) is 0. The van der Waals surface area contributed by atoms with Gasteiger partial charge in [-0.2, -0.15) is 0 Å². The molecule has 3 aromatic rings. The molecule has 0 aliphatic carbocycles. The summed E-state index contributed by atoms with van der Waals surface area (Å²) in [6, 6.07) is 23.0. The molecule has 5 heteroatoms. The van der Waals surface area contributed by atoms with Crippen molar-refractivity contribution >= 4 is 29.0 Å². The Hall–Kier alpha value is -2.95. The maximum Gasteiger partial charge on any atom is 0.264 e. The van der Waals surface area contributed by atoms with Crippen molar-refractivity contribution < 1.29 is 14.7 Å². The second-order valence-corrected chi connectivity index (χ2v) is 7.23. The summed E-state index contributed by atoms with van der Waals surface area (Å²) in [6.45, 7) is 0.220. The Morgan fingerprint density at radius 3 is 2.32 bits per heavy atom. The monoisotopic (exact) mass is 391 g/mol. The Labute approximate surface area is 168 Å². The number of amides is 1. The Balaban J connectivity index is 1.70. The minimum absolute atomic E-state index is 0.220. The van der Waals surface area contributed by atoms with E-state index in [1.54, 1.807) is 54.6 Å². The number of hydrogen-bond donors (Lipinski definition) is 1. The normalized spacial score (nSPS) is 18.2. The van der Waals surface area contributed by atoms with Crippen molar-refractivity contribution in [1.82, 2.24) is 0 Å². The molecule has 0 aromatic heterocycles. The van der Waals surface area contributed by atoms with Gasteiger partial charge in [-0.15, -0.1) is 0 Å². The second kappa shape index (κ2) is 7.23. The minimum Gasteiger partial charge on any atom is -0.375 e. The molecule has 0 spiro atoms. The summed E-state index contributed by atoms with van der Waals surface area (Å²) in [5.74, 6) is -0.802. The molecule has 140 valence electrons. The predicted octanol–water partition coefficient (Wildman–Crippen LogP) is 4.35. The van der Waals surface area contributed by atoms with Crippen molar-refractivity contribution in [3.05, 3.63) is 101 Å². The zero-order valence-electron chi connectivity index (χ0n) is 15.0. The Kier molecular flexibility index (Phi) is 4.75. The molecule has 4 rings (SSSR count). The van der Waals surface area contributed by atoms with Gasteiger partial charge in [-0.05, 0) is 17.7 Å². The lowest BCUT2D eigenvalue weighted by molar-refractivity contribution is -0.136. The smallest absolute Gasteiger partial charge is 0.264 e. The quantitative estimate of drug-likeness (QED) is 0.658. The van der Waals surface area contributed by atoms with Crippen LogP contribution in [0.4, 0.5) is 5.69 Å². The SMILES string of the molecule is O=C(C[C@]1(O)C(=O)N(Cc2ccccc2Cl)c2ccccc21)c1ccccc1. The lowest BCUT2D eigenvalue weighted by Gasteiger charge is -2.23. The van der Waals surface area contributed by atoms with E-state index >= 15 is 0 Å². The molecule has 28 heavy (non-hydrogen) atoms. The van der Waals surface area contributed by atoms with Gasteiger partial charge in [0, 0.05) is 16.1 Å². The maximum atomic E-state index is 13.2. The lowest BCUT2D eigenvalue weighted by atomic mass is 9.88. The van der Waals surface area contributed by atoms with Crippen LogP contribution < -0.4 is 4.90 Å². The highest BCUT2D eigenvalue weighted by molar-refractivity contribution is 6.31. The highest BCUT2D eigenvalue weighted by atomic mass is 35.5. The van der Waals surface area contributed by atoms with Gasteiger partial charge >= 0.3 is 0 Å². The molecule has 1 heterocycles. The number of nitrogens with zero attached hydrogens (tertiary/aromatic N) is 1. The number of para-hydroxylation sites is 1. The molecule has 0 unspecified atom stereocenters. The summed E-state index contributed by atoms with van der Waals surface area (Å²) in [6.07, 6.45) is -0.314. The van der Waals surface area contributed by atoms with Crippen LogP contribution in [0.3, 0.4) is 0 Å². The molecule has 0 saturated heterocycles. The number of carbonyl (C=O) groups is 2. The average molecular weight is 392 g/mol. The first-order valence-corrected chi connectivity index (χ1v) is 9.34. The molecule has 0 radical (unpaired) electrons. The topological polar surface area (TPSA) is 57.6 Å². The molecule has 0 saturated carbocycles. The summed E-state index contributed by atoms with van der Waals surface area (Å²) < 4.78 is 0. The zero-order valence-corrected chi connectivity index (χ0v) is 15.8. The predicted molar refractivity (Wildman–Crippen MR) is 108 cm³/mol. The number of ketones is 1. The lowest BCUT2D eigenvalue weighted by Crippen LogP contribution is -2.41. The van der Waals surface area contributed by atoms with Crippen LogP contribution in [0.1, 0.15) is 27.9 Å². The average Bonchev–Trinajstić information content (AvgIpc) is 2.92. The minimum atomic E-state index is -1.90. The highest BCUT2D eigenvalue weighted by Crippen LogP contribution is 2.43. The maximum absolute atomic E-state index is 13.2. The second-order valence-electron chi connectivity index (χ2n) is 6.83. The van der Waals surface area contributed by atoms with Crippen LogP contribution in [-0.2, 0) is 16.9 Å². The third-order valence-electron chi connectivity index (χ3n) is 5.04. The molecular formula is C23H18ClNO3. The standard InChI is InChI=1S/C23H18ClNO3/c24-19-12-6-4-10-17(19)15-25-20-13-7-5-11-18(20)23(28,22(25)27)14-21(26)16-8-2-1-3-9-16/h1-13,28H,14-15H2/t23-/m1/s1. The fourth-order valence-corrected chi connectivity index (χ4v) is 3.79. The molecule has 1 amide bonds. The van der Waals surface area contributed by atoms with Gasteiger partial charge in [-0.25, -0.2) is 0 Å². The van der Waals surface area contributed by atoms with E-state index in [2.05, 4.69) is 0 Å². The van der Waals surface area contributed by atoms with Crippen molar-refractivity contribution in [1.29, 1.82) is 0 Å². The van der Waals surface area contributed by atoms with E-state index in [0.29, 0.717) is 21.8 Å². The van der Waals surface area contributed by atoms with Crippen molar-refractivity contribution in [3.8, 4) is 0 Å². The van der Waals surface area contributed by atoms with E-state index in [1.807, 2.05) is 24.3 Å². The van der Waals surface area contributed by atoms with Gasteiger partial charge in [-0.1, -0.05) is 78.3 Å². The van der Waals surface area contributed by atoms with Gasteiger partial charge in [0.15, 0.2) is 11.4 Å². The summed E-state index contributed by atoms with van der Waals surface area (Å²) in [5, 5.41) is 11.9. The molecular weight excluding hydrogens is 374 g/mol. The van der Waals surface area contributed by atoms with Crippen LogP contribution in [0.25, 0.3) is 0 Å². The summed E-state index contributed by atoms with van der Waals surface area (Å²) in [5.41, 5.74) is 0.369. The van der Waals surface area contributed by atoms with Crippen molar-refractivity contribution in [2.75, 3.05) is 4.90 Å². The van der Waals surface area contributed by atoms with E-state index < -0.39 is 11.5 Å². The Morgan fingerprint density at radius 1 is 0.929 bits per heavy atom. The number of hydrogen-bond acceptors (Lipinski definition) is 3. The molecule has 1 aliphatic heterocycles. The van der Waals surface area contributed by atoms with E-state index in [9.17, 15) is 14.7 Å². The van der Waals surface area contributed by atoms with Crippen LogP contribution >= 0.6 is 11.6 Å². The summed E-state index contributed by atoms with van der Waals surface area (Å²) >= 11 is 6.26. The number of rotatable bonds is 5. The third kappa shape index (κ3) is 3.11. The molecule has 0 bridgehead atoms. The van der Waals surface area contributed by atoms with Crippen LogP contribution in [0.5, 0.6) is 0 Å². The van der Waals surface area contributed by atoms with E-state index in [-0.39, 0.29) is 18.7 Å². The number of carbonyl (C=O) groups excluding carboxylic acids is 2. The fraction of sp³-hybridized carbons (Fsp3) is 0.130. The first kappa shape index (κ1) is 18.4. The Morgan fingerprint density at radius 2 is 1.57 bits per heavy atom. The van der Waals surface area contributed by atoms with E-state index in [0.717, 1.165) is 5.56 Å². The number of Topliss-reactive ketones (excluding diaryl/α,β-unsaturated/α-hetero) is 1. The zero-order chi connectivity index (χ0) is 19.7. The van der Waals surface area contributed by atoms with Gasteiger partial charge in [0.05, 0.1) is 18.7 Å². The number of aliphatic hydroxyl groups is 1. The molecule has 4 nitrogen and oxygen atoms in total. The molecule has 0 fully saturated rings. The van der Waals surface area contributed by atoms with E-state index in [1.165, 1.54) is 4.90 Å². The first-order valence-electron chi connectivity index (χ1n) is 8.96.